The van der Waals surface area contributed by atoms with E-state index in [0.29, 0.717) is 12.5 Å². The summed E-state index contributed by atoms with van der Waals surface area (Å²) in [6.45, 7) is 10.0. The minimum atomic E-state index is -5.35. The van der Waals surface area contributed by atoms with E-state index in [1.807, 2.05) is 34.6 Å². The molecule has 0 aliphatic heterocycles. The Kier molecular flexibility index (Phi) is 5.84. The predicted molar refractivity (Wildman–Crippen MR) is 63.4 cm³/mol. The molecular weight excluding hydrogens is 313 g/mol. The second kappa shape index (κ2) is 5.44. The van der Waals surface area contributed by atoms with Crippen LogP contribution in [0.1, 0.15) is 34.6 Å². The zero-order chi connectivity index (χ0) is 13.2. The number of ether oxygens (including phenoxy) is 1. The van der Waals surface area contributed by atoms with Gasteiger partial charge in [0.2, 0.25) is 0 Å². The van der Waals surface area contributed by atoms with Crippen LogP contribution in [-0.4, -0.2) is 12.9 Å². The zero-order valence-corrected chi connectivity index (χ0v) is 13.8. The summed E-state index contributed by atoms with van der Waals surface area (Å²) in [5, 5.41) is 0. The fourth-order valence-corrected chi connectivity index (χ4v) is 2.81. The van der Waals surface area contributed by atoms with Crippen molar-refractivity contribution in [3.63, 3.8) is 0 Å². The second-order valence-electron chi connectivity index (χ2n) is 5.21. The molecule has 0 heterocycles. The Balaban J connectivity index is 4.66. The molecule has 1 unspecified atom stereocenters. The summed E-state index contributed by atoms with van der Waals surface area (Å²) in [4.78, 5) is 0. The van der Waals surface area contributed by atoms with Crippen molar-refractivity contribution in [2.45, 2.75) is 40.9 Å². The first-order valence-corrected chi connectivity index (χ1v) is 11.9. The van der Waals surface area contributed by atoms with Crippen LogP contribution < -0.4 is 0 Å². The Bertz CT molecular complexity index is 282. The molecule has 0 saturated carbocycles. The summed E-state index contributed by atoms with van der Waals surface area (Å²) in [5.41, 5.74) is -0.417. The van der Waals surface area contributed by atoms with Crippen molar-refractivity contribution in [2.75, 3.05) is 6.61 Å². The molecule has 99 valence electrons. The number of halogens is 3. The third kappa shape index (κ3) is 9.23. The van der Waals surface area contributed by atoms with Gasteiger partial charge in [-0.05, 0) is 0 Å². The van der Waals surface area contributed by atoms with Gasteiger partial charge in [-0.15, -0.1) is 0 Å². The van der Waals surface area contributed by atoms with E-state index in [2.05, 4.69) is 0 Å². The van der Waals surface area contributed by atoms with Crippen LogP contribution in [0.15, 0.2) is 0 Å². The van der Waals surface area contributed by atoms with Gasteiger partial charge >= 0.3 is 111 Å². The Morgan fingerprint density at radius 1 is 1.19 bits per heavy atom. The molecule has 0 saturated heterocycles. The maximum absolute atomic E-state index is 11.6. The van der Waals surface area contributed by atoms with Gasteiger partial charge in [-0.3, -0.25) is 0 Å². The maximum atomic E-state index is 11.6. The van der Waals surface area contributed by atoms with Gasteiger partial charge in [0.15, 0.2) is 0 Å². The van der Waals surface area contributed by atoms with E-state index >= 15 is 0 Å². The fourth-order valence-electron chi connectivity index (χ4n) is 0.866. The van der Waals surface area contributed by atoms with Crippen LogP contribution in [0.2, 0.25) is 0 Å². The Hall–Kier alpha value is 1.17. The van der Waals surface area contributed by atoms with E-state index in [1.54, 1.807) is 0 Å². The fraction of sp³-hybridized carbons (Fsp3) is 1.00. The van der Waals surface area contributed by atoms with Gasteiger partial charge in [-0.25, -0.2) is 0 Å². The molecular formula is C9H19Cl3O3V. The molecule has 0 N–H and O–H groups in total. The second-order valence-corrected chi connectivity index (χ2v) is 17.4. The van der Waals surface area contributed by atoms with Crippen LogP contribution in [0.4, 0.5) is 0 Å². The molecule has 3 nitrogen and oxygen atoms in total. The first kappa shape index (κ1) is 17.2. The topological polar surface area (TPSA) is 35.5 Å². The average Bonchev–Trinajstić information content (AvgIpc) is 1.91. The van der Waals surface area contributed by atoms with E-state index in [-0.39, 0.29) is 0 Å². The van der Waals surface area contributed by atoms with Crippen LogP contribution in [0.25, 0.3) is 0 Å². The molecule has 1 atom stereocenters. The van der Waals surface area contributed by atoms with Crippen LogP contribution in [0, 0.1) is 11.3 Å². The monoisotopic (exact) mass is 331 g/mol. The molecule has 7 heteroatoms. The minimum absolute atomic E-state index is 0.318. The number of hydrogen-bond acceptors (Lipinski definition) is 3. The van der Waals surface area contributed by atoms with Gasteiger partial charge in [0.1, 0.15) is 0 Å². The molecule has 0 fully saturated rings. The van der Waals surface area contributed by atoms with Crippen molar-refractivity contribution in [3.8, 4) is 0 Å². The standard InChI is InChI=1S/C9H19O2.3ClH.O.V/c1-7(2)6-11-8(10)9(3,4)5;;;;;/h7-8H,6H2,1-5H3;3*1H;;/q-1;;;;;+4/p-3. The number of hydrogen-bond donors (Lipinski definition) is 0. The van der Waals surface area contributed by atoms with Gasteiger partial charge in [-0.1, -0.05) is 0 Å². The molecule has 0 bridgehead atoms. The van der Waals surface area contributed by atoms with E-state index in [9.17, 15) is 3.67 Å². The predicted octanol–water partition coefficient (Wildman–Crippen LogP) is 4.46. The van der Waals surface area contributed by atoms with Gasteiger partial charge in [0.05, 0.1) is 0 Å². The van der Waals surface area contributed by atoms with Crippen molar-refractivity contribution >= 4 is 29.5 Å². The molecule has 0 radical (unpaired) electrons. The van der Waals surface area contributed by atoms with Crippen molar-refractivity contribution in [2.24, 2.45) is 11.3 Å². The third-order valence-corrected chi connectivity index (χ3v) is 3.34. The zero-order valence-electron chi connectivity index (χ0n) is 10.2. The van der Waals surface area contributed by atoms with Crippen LogP contribution in [0.3, 0.4) is 0 Å². The quantitative estimate of drug-likeness (QED) is 0.697. The third-order valence-electron chi connectivity index (χ3n) is 1.55. The molecule has 0 aliphatic carbocycles. The summed E-state index contributed by atoms with van der Waals surface area (Å²) >= 11 is 0. The van der Waals surface area contributed by atoms with Crippen LogP contribution >= 0.6 is 29.5 Å². The first-order valence-electron chi connectivity index (χ1n) is 4.98. The molecule has 0 aromatic carbocycles. The summed E-state index contributed by atoms with van der Waals surface area (Å²) in [7, 11) is 11.0. The summed E-state index contributed by atoms with van der Waals surface area (Å²) in [5.74, 6) is 0.318. The Morgan fingerprint density at radius 2 is 1.62 bits per heavy atom. The number of rotatable bonds is 5. The Morgan fingerprint density at radius 3 is 1.88 bits per heavy atom. The van der Waals surface area contributed by atoms with Gasteiger partial charge < -0.3 is 0 Å². The Labute approximate surface area is 110 Å². The van der Waals surface area contributed by atoms with E-state index in [1.165, 1.54) is 0 Å². The average molecular weight is 333 g/mol. The van der Waals surface area contributed by atoms with Crippen LogP contribution in [0.5, 0.6) is 0 Å². The van der Waals surface area contributed by atoms with Crippen molar-refractivity contribution in [3.05, 3.63) is 0 Å². The summed E-state index contributed by atoms with van der Waals surface area (Å²) in [6.07, 6.45) is -0.800. The molecule has 0 spiro atoms. The molecule has 16 heavy (non-hydrogen) atoms. The van der Waals surface area contributed by atoms with Gasteiger partial charge in [0.25, 0.3) is 0 Å². The summed E-state index contributed by atoms with van der Waals surface area (Å²) < 4.78 is 22.1. The van der Waals surface area contributed by atoms with Gasteiger partial charge in [0, 0.05) is 0 Å². The summed E-state index contributed by atoms with van der Waals surface area (Å²) in [6, 6.07) is 0. The van der Waals surface area contributed by atoms with Crippen molar-refractivity contribution < 1.29 is 22.4 Å². The SMILES string of the molecule is CC(C)COC([O][V](=[O])([Cl])([Cl])[Cl])C(C)(C)C. The van der Waals surface area contributed by atoms with Crippen molar-refractivity contribution in [1.29, 1.82) is 0 Å². The van der Waals surface area contributed by atoms with E-state index < -0.39 is 22.0 Å². The van der Waals surface area contributed by atoms with Crippen molar-refractivity contribution in [1.82, 2.24) is 0 Å². The molecule has 0 aromatic rings. The van der Waals surface area contributed by atoms with Gasteiger partial charge in [-0.2, -0.15) is 0 Å². The van der Waals surface area contributed by atoms with Crippen LogP contribution in [-0.2, 0) is 22.4 Å². The first-order chi connectivity index (χ1) is 6.77. The molecule has 0 amide bonds. The molecule has 0 aromatic heterocycles. The van der Waals surface area contributed by atoms with E-state index in [0.717, 1.165) is 0 Å². The normalized spacial score (nSPS) is 18.2. The van der Waals surface area contributed by atoms with E-state index in [4.69, 9.17) is 37.9 Å². The molecule has 0 aliphatic rings. The molecule has 0 rings (SSSR count).